The summed E-state index contributed by atoms with van der Waals surface area (Å²) in [6.07, 6.45) is 1.37. The van der Waals surface area contributed by atoms with Gasteiger partial charge in [0.2, 0.25) is 0 Å². The second kappa shape index (κ2) is 11.2. The van der Waals surface area contributed by atoms with E-state index >= 15 is 0 Å². The largest absolute Gasteiger partial charge is 0.494 e. The molecule has 0 aromatic heterocycles. The fourth-order valence-electron chi connectivity index (χ4n) is 2.79. The van der Waals surface area contributed by atoms with Gasteiger partial charge in [0.05, 0.1) is 18.4 Å². The summed E-state index contributed by atoms with van der Waals surface area (Å²) in [6, 6.07) is 20.4. The summed E-state index contributed by atoms with van der Waals surface area (Å²) >= 11 is 0. The molecule has 0 saturated heterocycles. The molecule has 0 fully saturated rings. The third-order valence-electron chi connectivity index (χ3n) is 4.46. The van der Waals surface area contributed by atoms with Crippen molar-refractivity contribution < 1.29 is 23.9 Å². The summed E-state index contributed by atoms with van der Waals surface area (Å²) in [6.45, 7) is 4.24. The predicted octanol–water partition coefficient (Wildman–Crippen LogP) is 3.70. The highest BCUT2D eigenvalue weighted by atomic mass is 16.5. The topological polar surface area (TPSA) is 106 Å². The first-order valence-corrected chi connectivity index (χ1v) is 10.2. The number of anilines is 1. The van der Waals surface area contributed by atoms with Crippen LogP contribution in [0.2, 0.25) is 0 Å². The van der Waals surface area contributed by atoms with E-state index in [0.717, 1.165) is 5.56 Å². The van der Waals surface area contributed by atoms with Crippen LogP contribution < -0.4 is 20.2 Å². The van der Waals surface area contributed by atoms with Gasteiger partial charge in [-0.3, -0.25) is 9.59 Å². The molecule has 0 atom stereocenters. The molecule has 0 spiro atoms. The summed E-state index contributed by atoms with van der Waals surface area (Å²) in [5.41, 5.74) is 4.58. The highest BCUT2D eigenvalue weighted by molar-refractivity contribution is 6.39. The number of benzene rings is 3. The van der Waals surface area contributed by atoms with Crippen molar-refractivity contribution in [2.75, 3.05) is 11.9 Å². The zero-order valence-corrected chi connectivity index (χ0v) is 18.2. The van der Waals surface area contributed by atoms with Gasteiger partial charge in [-0.15, -0.1) is 0 Å². The van der Waals surface area contributed by atoms with Crippen LogP contribution in [0.3, 0.4) is 0 Å². The van der Waals surface area contributed by atoms with Crippen molar-refractivity contribution in [2.45, 2.75) is 13.8 Å². The van der Waals surface area contributed by atoms with E-state index in [9.17, 15) is 14.4 Å². The molecule has 3 aromatic rings. The monoisotopic (exact) mass is 445 g/mol. The van der Waals surface area contributed by atoms with E-state index in [1.165, 1.54) is 6.21 Å². The zero-order chi connectivity index (χ0) is 23.6. The molecule has 33 heavy (non-hydrogen) atoms. The number of ether oxygens (including phenoxy) is 2. The Hall–Kier alpha value is -4.46. The number of hydrogen-bond acceptors (Lipinski definition) is 6. The van der Waals surface area contributed by atoms with Gasteiger partial charge in [-0.05, 0) is 79.6 Å². The number of hydrazone groups is 1. The lowest BCUT2D eigenvalue weighted by Gasteiger charge is -2.07. The minimum absolute atomic E-state index is 0.374. The second-order valence-electron chi connectivity index (χ2n) is 6.88. The molecule has 168 valence electrons. The molecule has 2 amide bonds. The standard InChI is InChI=1S/C25H23N3O5/c1-3-32-20-14-10-19(11-15-20)27-23(29)24(30)28-26-16-18-8-12-21(13-9-18)33-25(31)22-7-5-4-6-17(22)2/h4-16H,3H2,1-2H3,(H,27,29)(H,28,30)/b26-16-. The molecular formula is C25H23N3O5. The molecule has 0 saturated carbocycles. The number of carbonyl (C=O) groups excluding carboxylic acids is 3. The van der Waals surface area contributed by atoms with Crippen molar-refractivity contribution in [1.29, 1.82) is 0 Å². The number of esters is 1. The van der Waals surface area contributed by atoms with Gasteiger partial charge in [0, 0.05) is 5.69 Å². The summed E-state index contributed by atoms with van der Waals surface area (Å²) in [7, 11) is 0. The van der Waals surface area contributed by atoms with Crippen molar-refractivity contribution in [1.82, 2.24) is 5.43 Å². The first-order valence-electron chi connectivity index (χ1n) is 10.2. The maximum atomic E-state index is 12.3. The van der Waals surface area contributed by atoms with Gasteiger partial charge in [-0.1, -0.05) is 18.2 Å². The Morgan fingerprint density at radius 3 is 2.21 bits per heavy atom. The lowest BCUT2D eigenvalue weighted by molar-refractivity contribution is -0.136. The van der Waals surface area contributed by atoms with E-state index in [0.29, 0.717) is 34.9 Å². The summed E-state index contributed by atoms with van der Waals surface area (Å²) < 4.78 is 10.7. The Labute approximate surface area is 191 Å². The van der Waals surface area contributed by atoms with Crippen molar-refractivity contribution in [3.05, 3.63) is 89.5 Å². The highest BCUT2D eigenvalue weighted by Crippen LogP contribution is 2.16. The molecule has 0 radical (unpaired) electrons. The van der Waals surface area contributed by atoms with Gasteiger partial charge in [0.1, 0.15) is 11.5 Å². The van der Waals surface area contributed by atoms with Gasteiger partial charge in [0.15, 0.2) is 0 Å². The van der Waals surface area contributed by atoms with E-state index < -0.39 is 17.8 Å². The average Bonchev–Trinajstić information content (AvgIpc) is 2.81. The fourth-order valence-corrected chi connectivity index (χ4v) is 2.79. The van der Waals surface area contributed by atoms with E-state index in [-0.39, 0.29) is 0 Å². The third-order valence-corrected chi connectivity index (χ3v) is 4.46. The molecule has 0 aliphatic heterocycles. The number of aryl methyl sites for hydroxylation is 1. The molecule has 8 heteroatoms. The maximum Gasteiger partial charge on any atom is 0.343 e. The zero-order valence-electron chi connectivity index (χ0n) is 18.2. The molecule has 2 N–H and O–H groups in total. The van der Waals surface area contributed by atoms with Crippen LogP contribution in [0.15, 0.2) is 77.9 Å². The molecule has 0 heterocycles. The van der Waals surface area contributed by atoms with Gasteiger partial charge in [0.25, 0.3) is 0 Å². The first kappa shape index (κ1) is 23.2. The highest BCUT2D eigenvalue weighted by Gasteiger charge is 2.13. The first-order chi connectivity index (χ1) is 16.0. The van der Waals surface area contributed by atoms with E-state index in [2.05, 4.69) is 15.8 Å². The van der Waals surface area contributed by atoms with Gasteiger partial charge >= 0.3 is 17.8 Å². The molecule has 0 bridgehead atoms. The van der Waals surface area contributed by atoms with Gasteiger partial charge < -0.3 is 14.8 Å². The predicted molar refractivity (Wildman–Crippen MR) is 125 cm³/mol. The Balaban J connectivity index is 1.49. The molecule has 0 unspecified atom stereocenters. The van der Waals surface area contributed by atoms with E-state index in [4.69, 9.17) is 9.47 Å². The van der Waals surface area contributed by atoms with Crippen LogP contribution >= 0.6 is 0 Å². The Bertz CT molecular complexity index is 1160. The van der Waals surface area contributed by atoms with Crippen LogP contribution in [0.4, 0.5) is 5.69 Å². The number of hydrogen-bond donors (Lipinski definition) is 2. The summed E-state index contributed by atoms with van der Waals surface area (Å²) in [5.74, 6) is -1.17. The Kier molecular flexibility index (Phi) is 7.91. The number of rotatable bonds is 7. The normalized spacial score (nSPS) is 10.5. The number of nitrogens with zero attached hydrogens (tertiary/aromatic N) is 1. The fraction of sp³-hybridized carbons (Fsp3) is 0.120. The minimum Gasteiger partial charge on any atom is -0.494 e. The van der Waals surface area contributed by atoms with E-state index in [1.807, 2.05) is 26.0 Å². The summed E-state index contributed by atoms with van der Waals surface area (Å²) in [5, 5.41) is 6.25. The SMILES string of the molecule is CCOc1ccc(NC(=O)C(=O)N/N=C\c2ccc(OC(=O)c3ccccc3C)cc2)cc1. The average molecular weight is 445 g/mol. The van der Waals surface area contributed by atoms with Crippen LogP contribution in [0.5, 0.6) is 11.5 Å². The smallest absolute Gasteiger partial charge is 0.343 e. The lowest BCUT2D eigenvalue weighted by Crippen LogP contribution is -2.32. The van der Waals surface area contributed by atoms with Crippen LogP contribution in [0.25, 0.3) is 0 Å². The van der Waals surface area contributed by atoms with Crippen LogP contribution in [0.1, 0.15) is 28.4 Å². The molecule has 3 aromatic carbocycles. The van der Waals surface area contributed by atoms with Crippen molar-refractivity contribution in [3.8, 4) is 11.5 Å². The molecule has 8 nitrogen and oxygen atoms in total. The van der Waals surface area contributed by atoms with Crippen LogP contribution in [-0.4, -0.2) is 30.6 Å². The molecule has 3 rings (SSSR count). The van der Waals surface area contributed by atoms with E-state index in [1.54, 1.807) is 60.7 Å². The maximum absolute atomic E-state index is 12.3. The van der Waals surface area contributed by atoms with Crippen molar-refractivity contribution in [3.63, 3.8) is 0 Å². The minimum atomic E-state index is -0.913. The van der Waals surface area contributed by atoms with Crippen LogP contribution in [-0.2, 0) is 9.59 Å². The second-order valence-corrected chi connectivity index (χ2v) is 6.88. The Morgan fingerprint density at radius 1 is 0.879 bits per heavy atom. The third kappa shape index (κ3) is 6.76. The van der Waals surface area contributed by atoms with Gasteiger partial charge in [-0.25, -0.2) is 10.2 Å². The molecule has 0 aliphatic carbocycles. The number of carbonyl (C=O) groups is 3. The van der Waals surface area contributed by atoms with Crippen molar-refractivity contribution >= 4 is 29.7 Å². The Morgan fingerprint density at radius 2 is 1.55 bits per heavy atom. The summed E-state index contributed by atoms with van der Waals surface area (Å²) in [4.78, 5) is 36.2. The number of amides is 2. The molecular weight excluding hydrogens is 422 g/mol. The van der Waals surface area contributed by atoms with Crippen LogP contribution in [0, 0.1) is 6.92 Å². The van der Waals surface area contributed by atoms with Crippen molar-refractivity contribution in [2.24, 2.45) is 5.10 Å². The quantitative estimate of drug-likeness (QED) is 0.190. The lowest BCUT2D eigenvalue weighted by atomic mass is 10.1. The van der Waals surface area contributed by atoms with Gasteiger partial charge in [-0.2, -0.15) is 5.10 Å². The number of nitrogens with one attached hydrogen (secondary N) is 2. The molecule has 0 aliphatic rings.